The fourth-order valence-corrected chi connectivity index (χ4v) is 4.14. The number of hydrogen-bond acceptors (Lipinski definition) is 6. The maximum Gasteiger partial charge on any atom is 0.256 e. The normalized spacial score (nSPS) is 14.4. The lowest BCUT2D eigenvalue weighted by atomic mass is 10.1. The number of nitrogens with one attached hydrogen (secondary N) is 1. The summed E-state index contributed by atoms with van der Waals surface area (Å²) in [6, 6.07) is 10.3. The molecule has 0 radical (unpaired) electrons. The first-order valence-electron chi connectivity index (χ1n) is 8.11. The first kappa shape index (κ1) is 16.5. The molecule has 0 spiro atoms. The Morgan fingerprint density at radius 1 is 1.28 bits per heavy atom. The zero-order chi connectivity index (χ0) is 17.2. The summed E-state index contributed by atoms with van der Waals surface area (Å²) in [5.41, 5.74) is 3.75. The van der Waals surface area contributed by atoms with Crippen LogP contribution in [0, 0.1) is 0 Å². The van der Waals surface area contributed by atoms with Gasteiger partial charge < -0.3 is 4.98 Å². The van der Waals surface area contributed by atoms with E-state index in [4.69, 9.17) is 4.98 Å². The van der Waals surface area contributed by atoms with E-state index < -0.39 is 0 Å². The van der Waals surface area contributed by atoms with Gasteiger partial charge in [-0.2, -0.15) is 0 Å². The van der Waals surface area contributed by atoms with Crippen LogP contribution in [0.4, 0.5) is 0 Å². The molecule has 0 saturated heterocycles. The van der Waals surface area contributed by atoms with E-state index >= 15 is 0 Å². The number of aromatic nitrogens is 3. The second-order valence-corrected chi connectivity index (χ2v) is 7.70. The molecule has 1 aliphatic heterocycles. The summed E-state index contributed by atoms with van der Waals surface area (Å²) in [5.74, 6) is 0. The van der Waals surface area contributed by atoms with Crippen molar-refractivity contribution in [2.75, 3.05) is 12.8 Å². The maximum atomic E-state index is 12.3. The third-order valence-corrected chi connectivity index (χ3v) is 5.76. The van der Waals surface area contributed by atoms with Crippen molar-refractivity contribution < 1.29 is 0 Å². The molecule has 4 rings (SSSR count). The van der Waals surface area contributed by atoms with Gasteiger partial charge in [-0.05, 0) is 29.8 Å². The molecule has 0 unspecified atom stereocenters. The van der Waals surface area contributed by atoms with E-state index in [1.165, 1.54) is 16.6 Å². The Morgan fingerprint density at radius 2 is 2.20 bits per heavy atom. The number of thiophene rings is 1. The number of fused-ring (bicyclic) bond motifs is 1. The van der Waals surface area contributed by atoms with Gasteiger partial charge in [0.25, 0.3) is 5.56 Å². The standard InChI is InChI=1S/C18H18N4OS2/c1-24-18-20-14-7-8-22(11-13(14)17(23)21-18)10-12-4-2-5-15(19-12)16-6-3-9-25-16/h2-6,9H,7-8,10-11H2,1H3,(H,20,21,23). The second-order valence-electron chi connectivity index (χ2n) is 5.95. The maximum absolute atomic E-state index is 12.3. The summed E-state index contributed by atoms with van der Waals surface area (Å²) in [4.78, 5) is 27.9. The van der Waals surface area contributed by atoms with Crippen molar-refractivity contribution in [1.29, 1.82) is 0 Å². The molecule has 0 amide bonds. The van der Waals surface area contributed by atoms with E-state index in [-0.39, 0.29) is 5.56 Å². The minimum absolute atomic E-state index is 0.0145. The van der Waals surface area contributed by atoms with Crippen LogP contribution >= 0.6 is 23.1 Å². The van der Waals surface area contributed by atoms with E-state index in [1.54, 1.807) is 11.3 Å². The van der Waals surface area contributed by atoms with Crippen molar-refractivity contribution in [2.24, 2.45) is 0 Å². The number of H-pyrrole nitrogens is 1. The average Bonchev–Trinajstić information content (AvgIpc) is 3.17. The molecule has 3 aromatic heterocycles. The number of hydrogen-bond donors (Lipinski definition) is 1. The zero-order valence-electron chi connectivity index (χ0n) is 13.9. The summed E-state index contributed by atoms with van der Waals surface area (Å²) >= 11 is 3.17. The quantitative estimate of drug-likeness (QED) is 0.565. The van der Waals surface area contributed by atoms with Crippen molar-refractivity contribution >= 4 is 23.1 Å². The minimum Gasteiger partial charge on any atom is -0.301 e. The van der Waals surface area contributed by atoms with Gasteiger partial charge in [0.05, 0.1) is 27.5 Å². The SMILES string of the molecule is CSc1nc2c(c(=O)[nH]1)CN(Cc1cccc(-c3cccs3)n1)CC2. The van der Waals surface area contributed by atoms with Gasteiger partial charge in [-0.1, -0.05) is 23.9 Å². The highest BCUT2D eigenvalue weighted by molar-refractivity contribution is 7.98. The number of nitrogens with zero attached hydrogens (tertiary/aromatic N) is 3. The van der Waals surface area contributed by atoms with Gasteiger partial charge in [-0.3, -0.25) is 14.7 Å². The average molecular weight is 371 g/mol. The Morgan fingerprint density at radius 3 is 3.00 bits per heavy atom. The fraction of sp³-hybridized carbons (Fsp3) is 0.278. The van der Waals surface area contributed by atoms with E-state index in [2.05, 4.69) is 26.3 Å². The summed E-state index contributed by atoms with van der Waals surface area (Å²) < 4.78 is 0. The van der Waals surface area contributed by atoms with E-state index in [0.29, 0.717) is 11.7 Å². The number of rotatable bonds is 4. The van der Waals surface area contributed by atoms with Gasteiger partial charge >= 0.3 is 0 Å². The molecule has 1 N–H and O–H groups in total. The van der Waals surface area contributed by atoms with Crippen LogP contribution in [0.5, 0.6) is 0 Å². The van der Waals surface area contributed by atoms with Crippen LogP contribution in [0.15, 0.2) is 45.7 Å². The molecule has 0 bridgehead atoms. The van der Waals surface area contributed by atoms with Crippen molar-refractivity contribution in [1.82, 2.24) is 19.9 Å². The third-order valence-electron chi connectivity index (χ3n) is 4.29. The largest absolute Gasteiger partial charge is 0.301 e. The number of pyridine rings is 1. The fourth-order valence-electron chi connectivity index (χ4n) is 3.05. The van der Waals surface area contributed by atoms with Gasteiger partial charge in [0.2, 0.25) is 0 Å². The molecule has 5 nitrogen and oxygen atoms in total. The third kappa shape index (κ3) is 3.53. The van der Waals surface area contributed by atoms with Crippen LogP contribution in [0.2, 0.25) is 0 Å². The highest BCUT2D eigenvalue weighted by Crippen LogP contribution is 2.23. The van der Waals surface area contributed by atoms with Crippen molar-refractivity contribution in [2.45, 2.75) is 24.7 Å². The Kier molecular flexibility index (Phi) is 4.70. The zero-order valence-corrected chi connectivity index (χ0v) is 15.5. The van der Waals surface area contributed by atoms with E-state index in [9.17, 15) is 4.79 Å². The predicted molar refractivity (Wildman–Crippen MR) is 102 cm³/mol. The second kappa shape index (κ2) is 7.11. The molecule has 25 heavy (non-hydrogen) atoms. The predicted octanol–water partition coefficient (Wildman–Crippen LogP) is 3.17. The smallest absolute Gasteiger partial charge is 0.256 e. The minimum atomic E-state index is -0.0145. The molecule has 0 saturated carbocycles. The molecule has 0 aromatic carbocycles. The molecule has 0 aliphatic carbocycles. The molecule has 3 aromatic rings. The van der Waals surface area contributed by atoms with Crippen LogP contribution in [0.1, 0.15) is 17.0 Å². The highest BCUT2D eigenvalue weighted by Gasteiger charge is 2.21. The molecular formula is C18H18N4OS2. The number of aromatic amines is 1. The Hall–Kier alpha value is -1.96. The lowest BCUT2D eigenvalue weighted by Crippen LogP contribution is -2.35. The molecular weight excluding hydrogens is 352 g/mol. The Bertz CT molecular complexity index is 936. The van der Waals surface area contributed by atoms with Gasteiger partial charge in [0, 0.05) is 26.1 Å². The van der Waals surface area contributed by atoms with Crippen LogP contribution < -0.4 is 5.56 Å². The van der Waals surface area contributed by atoms with E-state index in [1.807, 2.05) is 30.5 Å². The van der Waals surface area contributed by atoms with Crippen LogP contribution in [-0.2, 0) is 19.5 Å². The molecule has 4 heterocycles. The number of thioether (sulfide) groups is 1. The highest BCUT2D eigenvalue weighted by atomic mass is 32.2. The van der Waals surface area contributed by atoms with Gasteiger partial charge in [0.1, 0.15) is 0 Å². The van der Waals surface area contributed by atoms with Crippen molar-refractivity contribution in [3.63, 3.8) is 0 Å². The molecule has 1 aliphatic rings. The van der Waals surface area contributed by atoms with Gasteiger partial charge in [-0.15, -0.1) is 11.3 Å². The van der Waals surface area contributed by atoms with Crippen molar-refractivity contribution in [3.05, 3.63) is 63.0 Å². The van der Waals surface area contributed by atoms with Crippen LogP contribution in [0.25, 0.3) is 10.6 Å². The van der Waals surface area contributed by atoms with Crippen LogP contribution in [-0.4, -0.2) is 32.7 Å². The first-order valence-corrected chi connectivity index (χ1v) is 10.2. The molecule has 7 heteroatoms. The summed E-state index contributed by atoms with van der Waals surface area (Å²) in [5, 5.41) is 2.76. The van der Waals surface area contributed by atoms with Crippen LogP contribution in [0.3, 0.4) is 0 Å². The monoisotopic (exact) mass is 370 g/mol. The lowest BCUT2D eigenvalue weighted by Gasteiger charge is -2.27. The molecule has 0 atom stereocenters. The Labute approximate surface area is 154 Å². The summed E-state index contributed by atoms with van der Waals surface area (Å²) in [6.07, 6.45) is 2.73. The summed E-state index contributed by atoms with van der Waals surface area (Å²) in [6.45, 7) is 2.25. The van der Waals surface area contributed by atoms with Gasteiger partial charge in [-0.25, -0.2) is 4.98 Å². The lowest BCUT2D eigenvalue weighted by molar-refractivity contribution is 0.238. The topological polar surface area (TPSA) is 61.9 Å². The Balaban J connectivity index is 1.53. The molecule has 0 fully saturated rings. The molecule has 128 valence electrons. The van der Waals surface area contributed by atoms with Crippen molar-refractivity contribution in [3.8, 4) is 10.6 Å². The summed E-state index contributed by atoms with van der Waals surface area (Å²) in [7, 11) is 0. The first-order chi connectivity index (χ1) is 12.2. The van der Waals surface area contributed by atoms with Gasteiger partial charge in [0.15, 0.2) is 5.16 Å². The van der Waals surface area contributed by atoms with E-state index in [0.717, 1.165) is 42.2 Å².